The van der Waals surface area contributed by atoms with Crippen molar-refractivity contribution in [1.29, 1.82) is 0 Å². The highest BCUT2D eigenvalue weighted by Gasteiger charge is 2.25. The molecule has 164 valence electrons. The molecule has 0 radical (unpaired) electrons. The molecule has 2 aromatic rings. The summed E-state index contributed by atoms with van der Waals surface area (Å²) in [5.74, 6) is 1.90. The zero-order valence-corrected chi connectivity index (χ0v) is 19.0. The Kier molecular flexibility index (Phi) is 8.90. The second kappa shape index (κ2) is 10.9. The minimum absolute atomic E-state index is 0.00802. The Bertz CT molecular complexity index is 658. The van der Waals surface area contributed by atoms with Crippen molar-refractivity contribution in [2.24, 2.45) is 0 Å². The van der Waals surface area contributed by atoms with Crippen LogP contribution in [0.3, 0.4) is 0 Å². The molecule has 2 aromatic heterocycles. The summed E-state index contributed by atoms with van der Waals surface area (Å²) >= 11 is 0. The van der Waals surface area contributed by atoms with E-state index >= 15 is 0 Å². The average Bonchev–Trinajstić information content (AvgIpc) is 3.29. The third kappa shape index (κ3) is 7.94. The Hall–Kier alpha value is -1.66. The van der Waals surface area contributed by atoms with Gasteiger partial charge in [0.2, 0.25) is 0 Å². The Morgan fingerprint density at radius 2 is 1.07 bits per heavy atom. The van der Waals surface area contributed by atoms with Gasteiger partial charge in [-0.1, -0.05) is 38.0 Å². The van der Waals surface area contributed by atoms with Gasteiger partial charge in [0.15, 0.2) is 0 Å². The molecule has 0 amide bonds. The smallest absolute Gasteiger partial charge is 0.142 e. The van der Waals surface area contributed by atoms with E-state index < -0.39 is 0 Å². The van der Waals surface area contributed by atoms with Gasteiger partial charge in [0, 0.05) is 49.4 Å². The van der Waals surface area contributed by atoms with Crippen LogP contribution in [-0.2, 0) is 20.3 Å². The molecule has 0 aliphatic heterocycles. The summed E-state index contributed by atoms with van der Waals surface area (Å²) < 4.78 is 22.3. The van der Waals surface area contributed by atoms with Crippen LogP contribution in [0.2, 0.25) is 0 Å². The predicted octanol–water partition coefficient (Wildman–Crippen LogP) is 5.52. The molecular weight excluding hydrogens is 368 g/mol. The fourth-order valence-electron chi connectivity index (χ4n) is 3.31. The summed E-state index contributed by atoms with van der Waals surface area (Å²) in [6.07, 6.45) is 4.96. The van der Waals surface area contributed by atoms with Gasteiger partial charge in [0.25, 0.3) is 0 Å². The van der Waals surface area contributed by atoms with Gasteiger partial charge in [0.1, 0.15) is 11.5 Å². The molecule has 29 heavy (non-hydrogen) atoms. The molecule has 0 aliphatic rings. The molecule has 0 N–H and O–H groups in total. The topological polar surface area (TPSA) is 70.5 Å². The summed E-state index contributed by atoms with van der Waals surface area (Å²) in [5.41, 5.74) is 1.85. The number of aromatic nitrogens is 2. The maximum absolute atomic E-state index is 5.75. The van der Waals surface area contributed by atoms with E-state index in [1.165, 1.54) is 0 Å². The van der Waals surface area contributed by atoms with E-state index in [1.54, 1.807) is 0 Å². The molecule has 0 unspecified atom stereocenters. The zero-order valence-electron chi connectivity index (χ0n) is 19.0. The number of hydrogen-bond acceptors (Lipinski definition) is 6. The van der Waals surface area contributed by atoms with Crippen LogP contribution in [0.5, 0.6) is 0 Å². The summed E-state index contributed by atoms with van der Waals surface area (Å²) in [6.45, 7) is 15.7. The Labute approximate surface area is 175 Å². The molecule has 0 spiro atoms. The van der Waals surface area contributed by atoms with Gasteiger partial charge >= 0.3 is 0 Å². The molecule has 0 saturated carbocycles. The molecule has 0 atom stereocenters. The second-order valence-electron chi connectivity index (χ2n) is 9.22. The fraction of sp³-hybridized carbons (Fsp3) is 0.739. The highest BCUT2D eigenvalue weighted by Crippen LogP contribution is 2.29. The summed E-state index contributed by atoms with van der Waals surface area (Å²) in [4.78, 5) is 0. The summed E-state index contributed by atoms with van der Waals surface area (Å²) in [5, 5.41) is 7.97. The van der Waals surface area contributed by atoms with Crippen LogP contribution in [0.1, 0.15) is 82.7 Å². The van der Waals surface area contributed by atoms with Crippen LogP contribution in [0.25, 0.3) is 0 Å². The maximum atomic E-state index is 5.75. The zero-order chi connectivity index (χ0) is 21.3. The third-order valence-corrected chi connectivity index (χ3v) is 5.35. The molecule has 6 nitrogen and oxygen atoms in total. The molecule has 0 fully saturated rings. The second-order valence-corrected chi connectivity index (χ2v) is 9.22. The number of hydrogen-bond donors (Lipinski definition) is 0. The molecule has 2 rings (SSSR count). The van der Waals surface area contributed by atoms with Crippen LogP contribution in [0, 0.1) is 13.8 Å². The largest absolute Gasteiger partial charge is 0.381 e. The number of ether oxygens (including phenoxy) is 2. The lowest BCUT2D eigenvalue weighted by atomic mass is 9.85. The standard InChI is InChI=1S/C23H38N2O4/c1-18-16-20(28-24-18)22(3,4)10-7-12-26-14-9-15-27-13-8-11-23(5,6)21-17-19(2)25-29-21/h16-17H,7-15H2,1-6H3. The summed E-state index contributed by atoms with van der Waals surface area (Å²) in [6, 6.07) is 4.04. The molecule has 0 aliphatic carbocycles. The van der Waals surface area contributed by atoms with Crippen LogP contribution >= 0.6 is 0 Å². The molecule has 0 bridgehead atoms. The molecule has 6 heteroatoms. The minimum Gasteiger partial charge on any atom is -0.381 e. The van der Waals surface area contributed by atoms with Crippen molar-refractivity contribution in [3.8, 4) is 0 Å². The monoisotopic (exact) mass is 406 g/mol. The molecule has 0 aromatic carbocycles. The Balaban J connectivity index is 1.45. The van der Waals surface area contributed by atoms with Crippen molar-refractivity contribution in [3.05, 3.63) is 35.0 Å². The molecule has 0 saturated heterocycles. The quantitative estimate of drug-likeness (QED) is 0.385. The van der Waals surface area contributed by atoms with Crippen LogP contribution in [0.4, 0.5) is 0 Å². The summed E-state index contributed by atoms with van der Waals surface area (Å²) in [7, 11) is 0. The van der Waals surface area contributed by atoms with Gasteiger partial charge in [-0.2, -0.15) is 0 Å². The first-order chi connectivity index (χ1) is 13.7. The van der Waals surface area contributed by atoms with Crippen molar-refractivity contribution in [2.75, 3.05) is 26.4 Å². The van der Waals surface area contributed by atoms with E-state index in [1.807, 2.05) is 26.0 Å². The first-order valence-electron chi connectivity index (χ1n) is 10.7. The van der Waals surface area contributed by atoms with E-state index in [0.29, 0.717) is 0 Å². The van der Waals surface area contributed by atoms with Crippen LogP contribution < -0.4 is 0 Å². The van der Waals surface area contributed by atoms with Crippen molar-refractivity contribution < 1.29 is 18.5 Å². The van der Waals surface area contributed by atoms with Gasteiger partial charge in [-0.15, -0.1) is 0 Å². The molecule has 2 heterocycles. The maximum Gasteiger partial charge on any atom is 0.142 e. The number of rotatable bonds is 14. The first kappa shape index (κ1) is 23.6. The molecular formula is C23H38N2O4. The average molecular weight is 407 g/mol. The van der Waals surface area contributed by atoms with Gasteiger partial charge < -0.3 is 18.5 Å². The van der Waals surface area contributed by atoms with Crippen LogP contribution in [0.15, 0.2) is 21.2 Å². The van der Waals surface area contributed by atoms with Gasteiger partial charge in [-0.25, -0.2) is 0 Å². The lowest BCUT2D eigenvalue weighted by Gasteiger charge is -2.21. The van der Waals surface area contributed by atoms with Gasteiger partial charge in [-0.05, 0) is 46.0 Å². The van der Waals surface area contributed by atoms with E-state index in [2.05, 4.69) is 38.0 Å². The minimum atomic E-state index is -0.00802. The highest BCUT2D eigenvalue weighted by molar-refractivity contribution is 5.13. The lowest BCUT2D eigenvalue weighted by molar-refractivity contribution is 0.0759. The van der Waals surface area contributed by atoms with Gasteiger partial charge in [0.05, 0.1) is 11.4 Å². The van der Waals surface area contributed by atoms with E-state index in [9.17, 15) is 0 Å². The third-order valence-electron chi connectivity index (χ3n) is 5.35. The lowest BCUT2D eigenvalue weighted by Crippen LogP contribution is -2.17. The van der Waals surface area contributed by atoms with Gasteiger partial charge in [-0.3, -0.25) is 0 Å². The van der Waals surface area contributed by atoms with Crippen molar-refractivity contribution in [3.63, 3.8) is 0 Å². The van der Waals surface area contributed by atoms with E-state index in [4.69, 9.17) is 18.5 Å². The van der Waals surface area contributed by atoms with Crippen molar-refractivity contribution in [1.82, 2.24) is 10.3 Å². The van der Waals surface area contributed by atoms with E-state index in [-0.39, 0.29) is 10.8 Å². The normalized spacial score (nSPS) is 12.6. The Morgan fingerprint density at radius 1 is 0.690 bits per heavy atom. The number of nitrogens with zero attached hydrogens (tertiary/aromatic N) is 2. The van der Waals surface area contributed by atoms with Crippen molar-refractivity contribution in [2.45, 2.75) is 84.5 Å². The first-order valence-corrected chi connectivity index (χ1v) is 10.7. The van der Waals surface area contributed by atoms with E-state index in [0.717, 1.165) is 81.4 Å². The fourth-order valence-corrected chi connectivity index (χ4v) is 3.31. The van der Waals surface area contributed by atoms with Crippen molar-refractivity contribution >= 4 is 0 Å². The highest BCUT2D eigenvalue weighted by atomic mass is 16.5. The van der Waals surface area contributed by atoms with Crippen LogP contribution in [-0.4, -0.2) is 36.7 Å². The Morgan fingerprint density at radius 3 is 1.41 bits per heavy atom. The number of aryl methyl sites for hydroxylation is 2. The predicted molar refractivity (Wildman–Crippen MR) is 113 cm³/mol. The SMILES string of the molecule is Cc1cc(C(C)(C)CCCOCCCOCCCC(C)(C)c2cc(C)no2)on1.